The fraction of sp³-hybridized carbons (Fsp3) is 0.190. The second kappa shape index (κ2) is 14.6. The molecule has 3 heterocycles. The molecule has 0 N–H and O–H groups in total. The maximum absolute atomic E-state index is 4.76. The molecule has 0 saturated heterocycles. The molecular formula is C42H40IrN2SSi-2. The molecule has 4 aromatic carbocycles. The van der Waals surface area contributed by atoms with E-state index in [0.29, 0.717) is 5.92 Å². The first-order valence-electron chi connectivity index (χ1n) is 15.9. The summed E-state index contributed by atoms with van der Waals surface area (Å²) in [6, 6.07) is 40.9. The summed E-state index contributed by atoms with van der Waals surface area (Å²) in [7, 11) is -1.23. The van der Waals surface area contributed by atoms with Crippen LogP contribution < -0.4 is 5.19 Å². The van der Waals surface area contributed by atoms with Crippen LogP contribution in [0.4, 0.5) is 0 Å². The van der Waals surface area contributed by atoms with Crippen LogP contribution in [0.25, 0.3) is 53.8 Å². The van der Waals surface area contributed by atoms with Gasteiger partial charge in [-0.3, -0.25) is 0 Å². The number of rotatable bonds is 5. The minimum absolute atomic E-state index is 0. The number of hydrogen-bond acceptors (Lipinski definition) is 3. The van der Waals surface area contributed by atoms with Gasteiger partial charge in [0.05, 0.1) is 8.07 Å². The van der Waals surface area contributed by atoms with E-state index in [1.807, 2.05) is 54.1 Å². The van der Waals surface area contributed by atoms with Crippen molar-refractivity contribution in [2.75, 3.05) is 0 Å². The first-order valence-corrected chi connectivity index (χ1v) is 20.2. The van der Waals surface area contributed by atoms with Gasteiger partial charge in [-0.2, -0.15) is 11.3 Å². The van der Waals surface area contributed by atoms with Crippen molar-refractivity contribution < 1.29 is 20.1 Å². The van der Waals surface area contributed by atoms with Gasteiger partial charge in [0.1, 0.15) is 0 Å². The van der Waals surface area contributed by atoms with Gasteiger partial charge in [-0.1, -0.05) is 99.0 Å². The Labute approximate surface area is 298 Å². The maximum atomic E-state index is 4.76. The third kappa shape index (κ3) is 7.71. The number of pyridine rings is 2. The van der Waals surface area contributed by atoms with Gasteiger partial charge in [-0.05, 0) is 74.7 Å². The Morgan fingerprint density at radius 3 is 2.11 bits per heavy atom. The first-order chi connectivity index (χ1) is 22.1. The molecule has 0 bridgehead atoms. The van der Waals surface area contributed by atoms with E-state index >= 15 is 0 Å². The second-order valence-corrected chi connectivity index (χ2v) is 19.4. The van der Waals surface area contributed by atoms with E-state index in [4.69, 9.17) is 4.98 Å². The Balaban J connectivity index is 0.000000217. The Bertz CT molecular complexity index is 2110. The third-order valence-electron chi connectivity index (χ3n) is 8.46. The SMILES string of the molecule is C[Si](C)(C)c1ccc(-c2[c-]cccc2)nc1.Cc1ccc(-c2ccc3c(c2)sc2c(-c4cc(C(C)C)c(C)cn4)[c-]ccc23)cc1.[Ir]. The molecule has 0 atom stereocenters. The summed E-state index contributed by atoms with van der Waals surface area (Å²) >= 11 is 1.84. The Morgan fingerprint density at radius 1 is 0.702 bits per heavy atom. The van der Waals surface area contributed by atoms with Gasteiger partial charge in [0, 0.05) is 37.2 Å². The summed E-state index contributed by atoms with van der Waals surface area (Å²) in [5.74, 6) is 0.477. The average molecular weight is 825 g/mol. The van der Waals surface area contributed by atoms with Crippen LogP contribution in [0, 0.1) is 26.0 Å². The van der Waals surface area contributed by atoms with E-state index < -0.39 is 8.07 Å². The number of nitrogens with zero attached hydrogens (tertiary/aromatic N) is 2. The quantitative estimate of drug-likeness (QED) is 0.128. The van der Waals surface area contributed by atoms with Crippen molar-refractivity contribution in [3.8, 4) is 33.6 Å². The van der Waals surface area contributed by atoms with E-state index in [2.05, 4.69) is 131 Å². The summed E-state index contributed by atoms with van der Waals surface area (Å²) < 4.78 is 2.57. The molecule has 7 rings (SSSR count). The van der Waals surface area contributed by atoms with E-state index in [9.17, 15) is 0 Å². The van der Waals surface area contributed by atoms with Crippen molar-refractivity contribution in [2.24, 2.45) is 0 Å². The molecule has 3 aromatic heterocycles. The fourth-order valence-electron chi connectivity index (χ4n) is 5.70. The number of aryl methyl sites for hydroxylation is 2. The fourth-order valence-corrected chi connectivity index (χ4v) is 7.99. The average Bonchev–Trinajstić information content (AvgIpc) is 3.44. The molecule has 0 aliphatic rings. The van der Waals surface area contributed by atoms with E-state index in [-0.39, 0.29) is 20.1 Å². The zero-order valence-corrected chi connectivity index (χ0v) is 32.3. The van der Waals surface area contributed by atoms with Gasteiger partial charge >= 0.3 is 0 Å². The smallest absolute Gasteiger partial charge is 0.0795 e. The zero-order chi connectivity index (χ0) is 32.4. The van der Waals surface area contributed by atoms with Gasteiger partial charge in [0.15, 0.2) is 0 Å². The summed E-state index contributed by atoms with van der Waals surface area (Å²) in [6.45, 7) is 15.7. The summed E-state index contributed by atoms with van der Waals surface area (Å²) in [6.07, 6.45) is 4.02. The summed E-state index contributed by atoms with van der Waals surface area (Å²) in [5.41, 5.74) is 10.6. The van der Waals surface area contributed by atoms with Crippen molar-refractivity contribution in [2.45, 2.75) is 53.3 Å². The third-order valence-corrected chi connectivity index (χ3v) is 11.7. The topological polar surface area (TPSA) is 25.8 Å². The molecule has 0 unspecified atom stereocenters. The van der Waals surface area contributed by atoms with Crippen LogP contribution in [0.3, 0.4) is 0 Å². The number of hydrogen-bond donors (Lipinski definition) is 0. The molecule has 239 valence electrons. The molecule has 47 heavy (non-hydrogen) atoms. The van der Waals surface area contributed by atoms with Crippen molar-refractivity contribution in [1.29, 1.82) is 0 Å². The van der Waals surface area contributed by atoms with Gasteiger partial charge in [0.2, 0.25) is 0 Å². The number of fused-ring (bicyclic) bond motifs is 3. The summed E-state index contributed by atoms with van der Waals surface area (Å²) in [5, 5.41) is 3.98. The van der Waals surface area contributed by atoms with Crippen LogP contribution >= 0.6 is 11.3 Å². The van der Waals surface area contributed by atoms with Crippen molar-refractivity contribution >= 4 is 44.8 Å². The van der Waals surface area contributed by atoms with E-state index in [0.717, 1.165) is 22.5 Å². The predicted molar refractivity (Wildman–Crippen MR) is 202 cm³/mol. The number of aromatic nitrogens is 2. The van der Waals surface area contributed by atoms with Crippen LogP contribution in [0.1, 0.15) is 36.5 Å². The van der Waals surface area contributed by atoms with Gasteiger partial charge in [0.25, 0.3) is 0 Å². The van der Waals surface area contributed by atoms with Crippen LogP contribution in [-0.4, -0.2) is 18.0 Å². The van der Waals surface area contributed by atoms with Crippen LogP contribution in [0.2, 0.25) is 19.6 Å². The zero-order valence-electron chi connectivity index (χ0n) is 28.1. The Kier molecular flexibility index (Phi) is 10.7. The molecule has 2 nitrogen and oxygen atoms in total. The molecular weight excluding hydrogens is 785 g/mol. The molecule has 1 radical (unpaired) electrons. The minimum atomic E-state index is -1.23. The Morgan fingerprint density at radius 2 is 1.45 bits per heavy atom. The predicted octanol–water partition coefficient (Wildman–Crippen LogP) is 11.4. The summed E-state index contributed by atoms with van der Waals surface area (Å²) in [4.78, 5) is 9.28. The number of thiophene rings is 1. The van der Waals surface area contributed by atoms with Gasteiger partial charge in [-0.25, -0.2) is 0 Å². The normalized spacial score (nSPS) is 11.3. The largest absolute Gasteiger partial charge is 0.305 e. The van der Waals surface area contributed by atoms with Crippen molar-refractivity contribution in [3.05, 3.63) is 138 Å². The second-order valence-electron chi connectivity index (χ2n) is 13.3. The molecule has 5 heteroatoms. The molecule has 0 fully saturated rings. The van der Waals surface area contributed by atoms with E-state index in [1.54, 1.807) is 0 Å². The monoisotopic (exact) mass is 825 g/mol. The molecule has 0 aliphatic heterocycles. The van der Waals surface area contributed by atoms with Gasteiger partial charge in [-0.15, -0.1) is 59.7 Å². The molecule has 0 saturated carbocycles. The molecule has 0 amide bonds. The first kappa shape index (κ1) is 34.6. The van der Waals surface area contributed by atoms with Crippen LogP contribution in [0.15, 0.2) is 109 Å². The van der Waals surface area contributed by atoms with E-state index in [1.165, 1.54) is 53.2 Å². The van der Waals surface area contributed by atoms with Crippen LogP contribution in [0.5, 0.6) is 0 Å². The maximum Gasteiger partial charge on any atom is 0.0795 e. The Hall–Kier alpha value is -3.73. The molecule has 7 aromatic rings. The standard InChI is InChI=1S/C28H24NS.C14H16NSi.Ir/c1-17(2)25-15-26(29-16-19(25)4)24-7-5-6-23-22-13-12-21(14-27(22)30-28(23)24)20-10-8-18(3)9-11-20;1-16(2,3)13-9-10-14(15-11-13)12-7-5-4-6-8-12;/h5-6,8-17H,1-4H3;4-7,9-11H,1-3H3;/q2*-1;. The number of benzene rings is 4. The van der Waals surface area contributed by atoms with Crippen LogP contribution in [-0.2, 0) is 20.1 Å². The van der Waals surface area contributed by atoms with Crippen molar-refractivity contribution in [1.82, 2.24) is 9.97 Å². The van der Waals surface area contributed by atoms with Gasteiger partial charge < -0.3 is 9.97 Å². The molecule has 0 spiro atoms. The molecule has 0 aliphatic carbocycles. The minimum Gasteiger partial charge on any atom is -0.305 e. The van der Waals surface area contributed by atoms with Crippen molar-refractivity contribution in [3.63, 3.8) is 0 Å².